The molecule has 5 nitrogen and oxygen atoms in total. The summed E-state index contributed by atoms with van der Waals surface area (Å²) in [6.45, 7) is 0. The smallest absolute Gasteiger partial charge is 0.275 e. The molecule has 0 aliphatic rings. The van der Waals surface area contributed by atoms with E-state index in [0.29, 0.717) is 17.0 Å². The number of rotatable bonds is 5. The van der Waals surface area contributed by atoms with Gasteiger partial charge in [-0.1, -0.05) is 42.5 Å². The number of methoxy groups -OCH3 is 1. The fraction of sp³-hybridized carbons (Fsp3) is 0.0500. The molecule has 0 bridgehead atoms. The third kappa shape index (κ3) is 3.90. The maximum Gasteiger partial charge on any atom is 0.275 e. The van der Waals surface area contributed by atoms with Crippen LogP contribution >= 0.6 is 0 Å². The zero-order valence-electron chi connectivity index (χ0n) is 13.7. The molecule has 0 saturated carbocycles. The minimum Gasteiger partial charge on any atom is -0.496 e. The van der Waals surface area contributed by atoms with E-state index in [1.807, 2.05) is 48.5 Å². The van der Waals surface area contributed by atoms with Crippen molar-refractivity contribution >= 4 is 11.6 Å². The van der Waals surface area contributed by atoms with Gasteiger partial charge in [-0.25, -0.2) is 5.43 Å². The van der Waals surface area contributed by atoms with E-state index in [-0.39, 0.29) is 5.91 Å². The maximum absolute atomic E-state index is 12.5. The number of para-hydroxylation sites is 1. The van der Waals surface area contributed by atoms with E-state index in [1.165, 1.54) is 7.11 Å². The van der Waals surface area contributed by atoms with Crippen molar-refractivity contribution in [3.05, 3.63) is 95.8 Å². The van der Waals surface area contributed by atoms with E-state index in [0.717, 1.165) is 11.1 Å². The van der Waals surface area contributed by atoms with Gasteiger partial charge in [-0.2, -0.15) is 5.10 Å². The highest BCUT2D eigenvalue weighted by Gasteiger charge is 2.12. The average molecular weight is 331 g/mol. The Hall–Kier alpha value is -3.47. The molecule has 0 fully saturated rings. The molecule has 0 radical (unpaired) electrons. The number of benzene rings is 2. The Kier molecular flexibility index (Phi) is 5.16. The molecule has 1 N–H and O–H groups in total. The van der Waals surface area contributed by atoms with E-state index < -0.39 is 0 Å². The Bertz CT molecular complexity index is 836. The molecule has 2 aromatic carbocycles. The number of carbonyl (C=O) groups is 1. The Morgan fingerprint density at radius 1 is 0.920 bits per heavy atom. The van der Waals surface area contributed by atoms with Crippen LogP contribution in [0.3, 0.4) is 0 Å². The van der Waals surface area contributed by atoms with E-state index >= 15 is 0 Å². The van der Waals surface area contributed by atoms with E-state index in [2.05, 4.69) is 15.5 Å². The number of pyridine rings is 1. The first kappa shape index (κ1) is 16.4. The molecule has 124 valence electrons. The van der Waals surface area contributed by atoms with Crippen molar-refractivity contribution in [1.82, 2.24) is 10.4 Å². The summed E-state index contributed by atoms with van der Waals surface area (Å²) < 4.78 is 5.22. The number of hydrazone groups is 1. The van der Waals surface area contributed by atoms with Gasteiger partial charge in [-0.15, -0.1) is 0 Å². The first-order valence-corrected chi connectivity index (χ1v) is 7.76. The zero-order chi connectivity index (χ0) is 17.5. The van der Waals surface area contributed by atoms with Crippen molar-refractivity contribution in [2.45, 2.75) is 0 Å². The first-order chi connectivity index (χ1) is 12.3. The van der Waals surface area contributed by atoms with Crippen LogP contribution < -0.4 is 10.2 Å². The highest BCUT2D eigenvalue weighted by Crippen LogP contribution is 2.17. The van der Waals surface area contributed by atoms with Gasteiger partial charge in [0.1, 0.15) is 5.75 Å². The molecule has 1 amide bonds. The molecule has 1 heterocycles. The third-order valence-electron chi connectivity index (χ3n) is 3.62. The van der Waals surface area contributed by atoms with E-state index in [9.17, 15) is 4.79 Å². The quantitative estimate of drug-likeness (QED) is 0.576. The molecule has 0 aliphatic carbocycles. The van der Waals surface area contributed by atoms with Crippen LogP contribution in [-0.2, 0) is 0 Å². The number of nitrogens with one attached hydrogen (secondary N) is 1. The molecule has 1 aromatic heterocycles. The van der Waals surface area contributed by atoms with Gasteiger partial charge in [-0.05, 0) is 24.3 Å². The normalized spacial score (nSPS) is 11.0. The number of ether oxygens (including phenoxy) is 1. The monoisotopic (exact) mass is 331 g/mol. The van der Waals surface area contributed by atoms with Gasteiger partial charge >= 0.3 is 0 Å². The lowest BCUT2D eigenvalue weighted by Crippen LogP contribution is -2.21. The fourth-order valence-corrected chi connectivity index (χ4v) is 2.40. The van der Waals surface area contributed by atoms with Gasteiger partial charge in [-0.3, -0.25) is 9.78 Å². The molecule has 0 saturated heterocycles. The van der Waals surface area contributed by atoms with E-state index in [1.54, 1.807) is 30.6 Å². The van der Waals surface area contributed by atoms with E-state index in [4.69, 9.17) is 4.74 Å². The SMILES string of the molecule is COc1ccccc1C(=O)NN=C(c1ccccc1)c1ccncc1. The lowest BCUT2D eigenvalue weighted by molar-refractivity contribution is 0.0952. The van der Waals surface area contributed by atoms with Crippen molar-refractivity contribution in [3.8, 4) is 5.75 Å². The Morgan fingerprint density at radius 3 is 2.28 bits per heavy atom. The van der Waals surface area contributed by atoms with Crippen molar-refractivity contribution in [1.29, 1.82) is 0 Å². The van der Waals surface area contributed by atoms with Gasteiger partial charge < -0.3 is 4.74 Å². The highest BCUT2D eigenvalue weighted by molar-refractivity contribution is 6.13. The Labute approximate surface area is 146 Å². The fourth-order valence-electron chi connectivity index (χ4n) is 2.40. The number of carbonyl (C=O) groups excluding carboxylic acids is 1. The summed E-state index contributed by atoms with van der Waals surface area (Å²) in [4.78, 5) is 16.5. The van der Waals surface area contributed by atoms with Crippen LogP contribution in [0.25, 0.3) is 0 Å². The topological polar surface area (TPSA) is 63.6 Å². The van der Waals surface area contributed by atoms with Crippen molar-refractivity contribution in [2.24, 2.45) is 5.10 Å². The predicted molar refractivity (Wildman–Crippen MR) is 96.8 cm³/mol. The summed E-state index contributed by atoms with van der Waals surface area (Å²) in [7, 11) is 1.53. The van der Waals surface area contributed by atoms with Crippen LogP contribution in [0.4, 0.5) is 0 Å². The standard InChI is InChI=1S/C20H17N3O2/c1-25-18-10-6-5-9-17(18)20(24)23-22-19(15-7-3-2-4-8-15)16-11-13-21-14-12-16/h2-14H,1H3,(H,23,24). The summed E-state index contributed by atoms with van der Waals surface area (Å²) >= 11 is 0. The minimum absolute atomic E-state index is 0.333. The zero-order valence-corrected chi connectivity index (χ0v) is 13.7. The second kappa shape index (κ2) is 7.88. The highest BCUT2D eigenvalue weighted by atomic mass is 16.5. The molecular formula is C20H17N3O2. The van der Waals surface area contributed by atoms with Crippen LogP contribution in [0.1, 0.15) is 21.5 Å². The molecule has 0 spiro atoms. The van der Waals surface area contributed by atoms with Crippen molar-refractivity contribution in [3.63, 3.8) is 0 Å². The summed E-state index contributed by atoms with van der Waals surface area (Å²) in [5.74, 6) is 0.167. The van der Waals surface area contributed by atoms with Gasteiger partial charge in [0.15, 0.2) is 0 Å². The van der Waals surface area contributed by atoms with Crippen LogP contribution in [0.2, 0.25) is 0 Å². The van der Waals surface area contributed by atoms with Gasteiger partial charge in [0.05, 0.1) is 18.4 Å². The molecule has 0 unspecified atom stereocenters. The minimum atomic E-state index is -0.333. The second-order valence-electron chi connectivity index (χ2n) is 5.20. The Balaban J connectivity index is 1.93. The number of hydrogen-bond acceptors (Lipinski definition) is 4. The summed E-state index contributed by atoms with van der Waals surface area (Å²) in [5.41, 5.74) is 5.46. The first-order valence-electron chi connectivity index (χ1n) is 7.76. The van der Waals surface area contributed by atoms with Crippen LogP contribution in [-0.4, -0.2) is 23.7 Å². The second-order valence-corrected chi connectivity index (χ2v) is 5.20. The summed E-state index contributed by atoms with van der Waals surface area (Å²) in [6, 6.07) is 20.4. The lowest BCUT2D eigenvalue weighted by Gasteiger charge is -2.09. The molecule has 3 rings (SSSR count). The van der Waals surface area contributed by atoms with Gasteiger partial charge in [0.2, 0.25) is 0 Å². The molecule has 0 atom stereocenters. The van der Waals surface area contributed by atoms with Gasteiger partial charge in [0, 0.05) is 23.5 Å². The van der Waals surface area contributed by atoms with Crippen LogP contribution in [0.5, 0.6) is 5.75 Å². The molecule has 5 heteroatoms. The molecule has 3 aromatic rings. The summed E-state index contributed by atoms with van der Waals surface area (Å²) in [6.07, 6.45) is 3.38. The van der Waals surface area contributed by atoms with Crippen LogP contribution in [0.15, 0.2) is 84.2 Å². The van der Waals surface area contributed by atoms with Crippen LogP contribution in [0, 0.1) is 0 Å². The molecule has 0 aliphatic heterocycles. The molecular weight excluding hydrogens is 314 g/mol. The number of nitrogens with zero attached hydrogens (tertiary/aromatic N) is 2. The van der Waals surface area contributed by atoms with Crippen molar-refractivity contribution < 1.29 is 9.53 Å². The lowest BCUT2D eigenvalue weighted by atomic mass is 10.0. The average Bonchev–Trinajstić information content (AvgIpc) is 2.69. The number of amides is 1. The van der Waals surface area contributed by atoms with Crippen molar-refractivity contribution in [2.75, 3.05) is 7.11 Å². The number of hydrogen-bond donors (Lipinski definition) is 1. The predicted octanol–water partition coefficient (Wildman–Crippen LogP) is 3.27. The largest absolute Gasteiger partial charge is 0.496 e. The number of aromatic nitrogens is 1. The summed E-state index contributed by atoms with van der Waals surface area (Å²) in [5, 5.41) is 4.35. The third-order valence-corrected chi connectivity index (χ3v) is 3.62. The molecule has 25 heavy (non-hydrogen) atoms. The maximum atomic E-state index is 12.5. The van der Waals surface area contributed by atoms with Gasteiger partial charge in [0.25, 0.3) is 5.91 Å². The Morgan fingerprint density at radius 2 is 1.56 bits per heavy atom.